The molecule has 0 aliphatic heterocycles. The van der Waals surface area contributed by atoms with Crippen LogP contribution in [0.1, 0.15) is 0 Å². The van der Waals surface area contributed by atoms with E-state index in [1.165, 1.54) is 0 Å². The second-order valence-corrected chi connectivity index (χ2v) is 6.81. The molecule has 0 aromatic heterocycles. The number of alkyl halides is 4. The lowest BCUT2D eigenvalue weighted by Gasteiger charge is -2.37. The highest BCUT2D eigenvalue weighted by Crippen LogP contribution is 2.59. The highest BCUT2D eigenvalue weighted by molar-refractivity contribution is 6.70. The molecule has 0 fully saturated rings. The zero-order chi connectivity index (χ0) is 14.3. The Hall–Kier alpha value is 1.23. The fraction of sp³-hybridized carbons (Fsp3) is 0.286. The molecule has 18 heavy (non-hydrogen) atoms. The molecule has 0 unspecified atom stereocenters. The van der Waals surface area contributed by atoms with Crippen molar-refractivity contribution in [3.63, 3.8) is 0 Å². The number of halogens is 8. The van der Waals surface area contributed by atoms with Crippen LogP contribution in [0, 0.1) is 0 Å². The van der Waals surface area contributed by atoms with Crippen molar-refractivity contribution in [2.24, 2.45) is 0 Å². The van der Waals surface area contributed by atoms with Crippen LogP contribution in [0.3, 0.4) is 0 Å². The summed E-state index contributed by atoms with van der Waals surface area (Å²) in [6.07, 6.45) is 0. The number of allylic oxidation sites excluding steroid dienone is 3. The molecule has 0 heterocycles. The Morgan fingerprint density at radius 2 is 1.44 bits per heavy atom. The molecular weight excluding hydrogens is 416 g/mol. The Labute approximate surface area is 141 Å². The minimum atomic E-state index is -2.23. The van der Waals surface area contributed by atoms with Crippen LogP contribution in [0.4, 0.5) is 0 Å². The van der Waals surface area contributed by atoms with E-state index < -0.39 is 20.2 Å². The lowest BCUT2D eigenvalue weighted by Crippen LogP contribution is -2.44. The van der Waals surface area contributed by atoms with Gasteiger partial charge in [0.25, 0.3) is 0 Å². The first-order valence-electron chi connectivity index (χ1n) is 3.80. The van der Waals surface area contributed by atoms with Crippen molar-refractivity contribution in [1.29, 1.82) is 0 Å². The number of rotatable bonds is 2. The van der Waals surface area contributed by atoms with Gasteiger partial charge in [-0.3, -0.25) is 4.89 Å². The lowest BCUT2D eigenvalue weighted by molar-refractivity contribution is -0.206. The zero-order valence-corrected chi connectivity index (χ0v) is 13.8. The van der Waals surface area contributed by atoms with Gasteiger partial charge in [0.05, 0.1) is 20.7 Å². The van der Waals surface area contributed by atoms with E-state index in [1.807, 2.05) is 0 Å². The van der Waals surface area contributed by atoms with Gasteiger partial charge in [-0.15, -0.1) is 0 Å². The minimum Gasteiger partial charge on any atom is -0.275 e. The number of carbonyl (C=O) groups is 1. The standard InChI is InChI=1S/C7Cl8O3/c8-2-1(5(16)17-18-15)6(11,12)7(13,14)4(10)3(2)9. The van der Waals surface area contributed by atoms with Gasteiger partial charge in [0.15, 0.2) is 8.67 Å². The average molecular weight is 416 g/mol. The van der Waals surface area contributed by atoms with E-state index in [1.54, 1.807) is 0 Å². The minimum absolute atomic E-state index is 0.304. The third-order valence-electron chi connectivity index (χ3n) is 1.90. The van der Waals surface area contributed by atoms with E-state index in [9.17, 15) is 4.79 Å². The van der Waals surface area contributed by atoms with E-state index in [4.69, 9.17) is 93.1 Å². The van der Waals surface area contributed by atoms with Crippen LogP contribution < -0.4 is 0 Å². The molecule has 0 amide bonds. The van der Waals surface area contributed by atoms with Crippen molar-refractivity contribution in [1.82, 2.24) is 0 Å². The van der Waals surface area contributed by atoms with Crippen LogP contribution >= 0.6 is 93.1 Å². The molecule has 0 atom stereocenters. The summed E-state index contributed by atoms with van der Waals surface area (Å²) in [6.45, 7) is 0. The monoisotopic (exact) mass is 412 g/mol. The van der Waals surface area contributed by atoms with Gasteiger partial charge < -0.3 is 0 Å². The van der Waals surface area contributed by atoms with Crippen molar-refractivity contribution >= 4 is 99.0 Å². The van der Waals surface area contributed by atoms with E-state index in [2.05, 4.69) is 9.33 Å². The van der Waals surface area contributed by atoms with Gasteiger partial charge in [-0.25, -0.2) is 4.79 Å². The summed E-state index contributed by atoms with van der Waals surface area (Å²) >= 11 is 45.6. The molecule has 3 nitrogen and oxygen atoms in total. The fourth-order valence-electron chi connectivity index (χ4n) is 1.06. The summed E-state index contributed by atoms with van der Waals surface area (Å²) in [5.41, 5.74) is -0.562. The predicted octanol–water partition coefficient (Wildman–Crippen LogP) is 5.16. The molecular formula is C7Cl8O3. The largest absolute Gasteiger partial charge is 0.375 e. The summed E-state index contributed by atoms with van der Waals surface area (Å²) < 4.78 is -0.681. The Morgan fingerprint density at radius 1 is 0.944 bits per heavy atom. The maximum atomic E-state index is 11.6. The SMILES string of the molecule is O=C(OOCl)C1=C(Cl)C(Cl)=C(Cl)C(Cl)(Cl)C1(Cl)Cl. The highest BCUT2D eigenvalue weighted by atomic mass is 35.5. The first-order valence-corrected chi connectivity index (χ1v) is 6.76. The molecule has 0 aromatic rings. The Morgan fingerprint density at radius 3 is 1.89 bits per heavy atom. The van der Waals surface area contributed by atoms with E-state index >= 15 is 0 Å². The number of hydrogen-bond donors (Lipinski definition) is 0. The topological polar surface area (TPSA) is 35.5 Å². The summed E-state index contributed by atoms with van der Waals surface area (Å²) in [7, 11) is 0. The van der Waals surface area contributed by atoms with Crippen LogP contribution in [-0.2, 0) is 14.1 Å². The van der Waals surface area contributed by atoms with Gasteiger partial charge in [-0.05, 0) is 0 Å². The summed E-state index contributed by atoms with van der Waals surface area (Å²) in [5, 5.41) is -1.03. The first kappa shape index (κ1) is 17.3. The Balaban J connectivity index is 3.50. The van der Waals surface area contributed by atoms with Crippen LogP contribution in [0.25, 0.3) is 0 Å². The highest BCUT2D eigenvalue weighted by Gasteiger charge is 2.59. The van der Waals surface area contributed by atoms with Gasteiger partial charge in [0, 0.05) is 0 Å². The van der Waals surface area contributed by atoms with Gasteiger partial charge in [0.1, 0.15) is 11.9 Å². The Kier molecular flexibility index (Phi) is 5.69. The van der Waals surface area contributed by atoms with Crippen LogP contribution in [0.2, 0.25) is 0 Å². The Bertz CT molecular complexity index is 452. The maximum Gasteiger partial charge on any atom is 0.375 e. The van der Waals surface area contributed by atoms with Crippen molar-refractivity contribution in [2.75, 3.05) is 0 Å². The third kappa shape index (κ3) is 2.67. The summed E-state index contributed by atoms with van der Waals surface area (Å²) in [6, 6.07) is 0. The van der Waals surface area contributed by atoms with Crippen molar-refractivity contribution in [3.05, 3.63) is 20.7 Å². The van der Waals surface area contributed by atoms with Gasteiger partial charge in [-0.2, -0.15) is 0 Å². The molecule has 0 radical (unpaired) electrons. The first-order chi connectivity index (χ1) is 8.09. The molecule has 0 bridgehead atoms. The predicted molar refractivity (Wildman–Crippen MR) is 73.5 cm³/mol. The third-order valence-corrected chi connectivity index (χ3v) is 5.86. The molecule has 0 spiro atoms. The molecule has 0 aromatic carbocycles. The van der Waals surface area contributed by atoms with E-state index in [0.717, 1.165) is 0 Å². The van der Waals surface area contributed by atoms with E-state index in [-0.39, 0.29) is 15.1 Å². The number of hydrogen-bond acceptors (Lipinski definition) is 3. The normalized spacial score (nSPS) is 22.2. The lowest BCUT2D eigenvalue weighted by atomic mass is 10.0. The fourth-order valence-corrected chi connectivity index (χ4v) is 3.16. The van der Waals surface area contributed by atoms with Crippen LogP contribution in [0.5, 0.6) is 0 Å². The van der Waals surface area contributed by atoms with Gasteiger partial charge >= 0.3 is 5.97 Å². The summed E-state index contributed by atoms with van der Waals surface area (Å²) in [5.74, 6) is -1.23. The molecule has 1 aliphatic carbocycles. The van der Waals surface area contributed by atoms with Gasteiger partial charge in [-0.1, -0.05) is 85.6 Å². The molecule has 0 saturated heterocycles. The van der Waals surface area contributed by atoms with Crippen LogP contribution in [0.15, 0.2) is 20.7 Å². The molecule has 0 N–H and O–H groups in total. The molecule has 1 rings (SSSR count). The number of carbonyl (C=O) groups excluding carboxylic acids is 1. The zero-order valence-electron chi connectivity index (χ0n) is 7.75. The molecule has 11 heteroatoms. The molecule has 1 aliphatic rings. The van der Waals surface area contributed by atoms with Crippen LogP contribution in [-0.4, -0.2) is 14.6 Å². The molecule has 102 valence electrons. The molecule has 0 saturated carbocycles. The van der Waals surface area contributed by atoms with Crippen molar-refractivity contribution in [2.45, 2.75) is 8.67 Å². The second-order valence-electron chi connectivity index (χ2n) is 2.90. The smallest absolute Gasteiger partial charge is 0.275 e. The quantitative estimate of drug-likeness (QED) is 0.355. The van der Waals surface area contributed by atoms with Gasteiger partial charge in [0.2, 0.25) is 0 Å². The average Bonchev–Trinajstić information content (AvgIpc) is 2.25. The van der Waals surface area contributed by atoms with E-state index in [0.29, 0.717) is 0 Å². The summed E-state index contributed by atoms with van der Waals surface area (Å²) in [4.78, 5) is 15.6. The van der Waals surface area contributed by atoms with Crippen molar-refractivity contribution < 1.29 is 14.1 Å². The maximum absolute atomic E-state index is 11.6. The second kappa shape index (κ2) is 5.92. The van der Waals surface area contributed by atoms with Crippen molar-refractivity contribution in [3.8, 4) is 0 Å².